The first-order chi connectivity index (χ1) is 12.2. The zero-order chi connectivity index (χ0) is 17.6. The van der Waals surface area contributed by atoms with Gasteiger partial charge in [0.05, 0.1) is 6.21 Å². The first-order valence-corrected chi connectivity index (χ1v) is 8.25. The van der Waals surface area contributed by atoms with Crippen molar-refractivity contribution in [2.24, 2.45) is 5.10 Å². The van der Waals surface area contributed by atoms with Crippen molar-refractivity contribution < 1.29 is 9.13 Å². The number of hydrogen-bond donors (Lipinski definition) is 1. The average Bonchev–Trinajstić information content (AvgIpc) is 2.99. The number of hydrogen-bond acceptors (Lipinski definition) is 4. The Kier molecular flexibility index (Phi) is 5.35. The maximum absolute atomic E-state index is 13.6. The highest BCUT2D eigenvalue weighted by Gasteiger charge is 2.03. The minimum Gasteiger partial charge on any atom is -0.489 e. The second kappa shape index (κ2) is 7.85. The third-order valence-electron chi connectivity index (χ3n) is 3.57. The van der Waals surface area contributed by atoms with Gasteiger partial charge in [-0.2, -0.15) is 14.9 Å². The summed E-state index contributed by atoms with van der Waals surface area (Å²) >= 11 is 5.16. The third-order valence-corrected chi connectivity index (χ3v) is 3.83. The van der Waals surface area contributed by atoms with E-state index in [0.717, 1.165) is 17.8 Å². The fraction of sp³-hybridized carbons (Fsp3) is 0.167. The van der Waals surface area contributed by atoms with E-state index < -0.39 is 0 Å². The van der Waals surface area contributed by atoms with Gasteiger partial charge in [-0.05, 0) is 36.0 Å². The number of H-pyrrole nitrogens is 1. The quantitative estimate of drug-likeness (QED) is 0.534. The number of aryl methyl sites for hydroxylation is 1. The van der Waals surface area contributed by atoms with E-state index in [1.807, 2.05) is 31.2 Å². The second-order valence-electron chi connectivity index (χ2n) is 5.31. The molecule has 0 bridgehead atoms. The molecule has 128 valence electrons. The van der Waals surface area contributed by atoms with Gasteiger partial charge in [0.1, 0.15) is 18.2 Å². The van der Waals surface area contributed by atoms with Crippen LogP contribution in [0.1, 0.15) is 23.9 Å². The molecule has 0 aliphatic carbocycles. The van der Waals surface area contributed by atoms with Crippen LogP contribution in [0.2, 0.25) is 0 Å². The van der Waals surface area contributed by atoms with E-state index in [1.54, 1.807) is 29.1 Å². The summed E-state index contributed by atoms with van der Waals surface area (Å²) in [5.41, 5.74) is 1.36. The van der Waals surface area contributed by atoms with Gasteiger partial charge in [0.15, 0.2) is 5.82 Å². The van der Waals surface area contributed by atoms with Crippen molar-refractivity contribution >= 4 is 18.4 Å². The normalized spacial score (nSPS) is 11.1. The van der Waals surface area contributed by atoms with Crippen LogP contribution in [0.4, 0.5) is 4.39 Å². The minimum absolute atomic E-state index is 0.167. The second-order valence-corrected chi connectivity index (χ2v) is 5.69. The lowest BCUT2D eigenvalue weighted by Crippen LogP contribution is -1.99. The monoisotopic (exact) mass is 356 g/mol. The van der Waals surface area contributed by atoms with E-state index in [-0.39, 0.29) is 12.4 Å². The SMILES string of the molecule is CCc1n[nH]c(=S)n1/N=C/c1cccc(OCc2ccccc2F)c1. The molecule has 3 aromatic rings. The summed E-state index contributed by atoms with van der Waals surface area (Å²) in [7, 11) is 0. The third kappa shape index (κ3) is 4.19. The number of benzene rings is 2. The lowest BCUT2D eigenvalue weighted by atomic mass is 10.2. The molecule has 1 N–H and O–H groups in total. The molecule has 0 saturated carbocycles. The molecule has 0 fully saturated rings. The lowest BCUT2D eigenvalue weighted by molar-refractivity contribution is 0.300. The number of aromatic nitrogens is 3. The van der Waals surface area contributed by atoms with Gasteiger partial charge < -0.3 is 4.74 Å². The van der Waals surface area contributed by atoms with Crippen LogP contribution in [0.25, 0.3) is 0 Å². The Morgan fingerprint density at radius 1 is 1.28 bits per heavy atom. The van der Waals surface area contributed by atoms with Crippen molar-refractivity contribution in [2.45, 2.75) is 20.0 Å². The molecule has 0 spiro atoms. The van der Waals surface area contributed by atoms with Crippen molar-refractivity contribution in [1.29, 1.82) is 0 Å². The number of nitrogens with zero attached hydrogens (tertiary/aromatic N) is 3. The van der Waals surface area contributed by atoms with Gasteiger partial charge in [-0.3, -0.25) is 5.10 Å². The smallest absolute Gasteiger partial charge is 0.216 e. The summed E-state index contributed by atoms with van der Waals surface area (Å²) in [6.07, 6.45) is 2.40. The van der Waals surface area contributed by atoms with Crippen LogP contribution in [0, 0.1) is 10.6 Å². The number of aromatic amines is 1. The van der Waals surface area contributed by atoms with Crippen LogP contribution in [0.5, 0.6) is 5.75 Å². The van der Waals surface area contributed by atoms with E-state index >= 15 is 0 Å². The molecule has 0 atom stereocenters. The highest BCUT2D eigenvalue weighted by atomic mass is 32.1. The van der Waals surface area contributed by atoms with Gasteiger partial charge in [-0.15, -0.1) is 0 Å². The van der Waals surface area contributed by atoms with E-state index in [9.17, 15) is 4.39 Å². The molecule has 0 unspecified atom stereocenters. The number of ether oxygens (including phenoxy) is 1. The van der Waals surface area contributed by atoms with E-state index in [4.69, 9.17) is 17.0 Å². The van der Waals surface area contributed by atoms with Crippen molar-refractivity contribution in [3.63, 3.8) is 0 Å². The molecule has 3 rings (SSSR count). The van der Waals surface area contributed by atoms with Crippen molar-refractivity contribution in [3.05, 3.63) is 76.1 Å². The fourth-order valence-electron chi connectivity index (χ4n) is 2.26. The molecule has 1 aromatic heterocycles. The van der Waals surface area contributed by atoms with Crippen LogP contribution in [0.15, 0.2) is 53.6 Å². The fourth-order valence-corrected chi connectivity index (χ4v) is 2.46. The topological polar surface area (TPSA) is 55.2 Å². The van der Waals surface area contributed by atoms with E-state index in [2.05, 4.69) is 15.3 Å². The Balaban J connectivity index is 1.73. The molecule has 1 heterocycles. The van der Waals surface area contributed by atoms with Gasteiger partial charge in [-0.1, -0.05) is 37.3 Å². The van der Waals surface area contributed by atoms with Crippen LogP contribution in [-0.2, 0) is 13.0 Å². The largest absolute Gasteiger partial charge is 0.489 e. The van der Waals surface area contributed by atoms with Crippen molar-refractivity contribution in [1.82, 2.24) is 14.9 Å². The number of rotatable bonds is 6. The summed E-state index contributed by atoms with van der Waals surface area (Å²) in [6, 6.07) is 14.0. The molecule has 0 aliphatic rings. The molecule has 0 amide bonds. The molecule has 25 heavy (non-hydrogen) atoms. The maximum Gasteiger partial charge on any atom is 0.216 e. The maximum atomic E-state index is 13.6. The molecule has 0 radical (unpaired) electrons. The Bertz CT molecular complexity index is 948. The predicted octanol–water partition coefficient (Wildman–Crippen LogP) is 4.10. The number of nitrogens with one attached hydrogen (secondary N) is 1. The summed E-state index contributed by atoms with van der Waals surface area (Å²) in [6.45, 7) is 2.15. The Morgan fingerprint density at radius 2 is 2.12 bits per heavy atom. The van der Waals surface area contributed by atoms with Gasteiger partial charge in [0, 0.05) is 12.0 Å². The lowest BCUT2D eigenvalue weighted by Gasteiger charge is -2.07. The Labute approximate surface area is 149 Å². The van der Waals surface area contributed by atoms with Gasteiger partial charge in [0.2, 0.25) is 4.77 Å². The van der Waals surface area contributed by atoms with Gasteiger partial charge >= 0.3 is 0 Å². The molecule has 7 heteroatoms. The molecule has 0 saturated heterocycles. The Hall–Kier alpha value is -2.80. The highest BCUT2D eigenvalue weighted by molar-refractivity contribution is 7.71. The minimum atomic E-state index is -0.276. The molecule has 2 aromatic carbocycles. The zero-order valence-electron chi connectivity index (χ0n) is 13.6. The van der Waals surface area contributed by atoms with Crippen LogP contribution >= 0.6 is 12.2 Å². The highest BCUT2D eigenvalue weighted by Crippen LogP contribution is 2.15. The Morgan fingerprint density at radius 3 is 2.92 bits per heavy atom. The van der Waals surface area contributed by atoms with Crippen LogP contribution in [-0.4, -0.2) is 21.1 Å². The molecule has 5 nitrogen and oxygen atoms in total. The van der Waals surface area contributed by atoms with Gasteiger partial charge in [-0.25, -0.2) is 4.39 Å². The summed E-state index contributed by atoms with van der Waals surface area (Å²) in [4.78, 5) is 0. The molecule has 0 aliphatic heterocycles. The summed E-state index contributed by atoms with van der Waals surface area (Å²) in [5, 5.41) is 11.2. The van der Waals surface area contributed by atoms with Gasteiger partial charge in [0.25, 0.3) is 0 Å². The molecular formula is C18H17FN4OS. The van der Waals surface area contributed by atoms with E-state index in [1.165, 1.54) is 6.07 Å². The van der Waals surface area contributed by atoms with Crippen molar-refractivity contribution in [2.75, 3.05) is 0 Å². The average molecular weight is 356 g/mol. The summed E-state index contributed by atoms with van der Waals surface area (Å²) in [5.74, 6) is 1.12. The standard InChI is InChI=1S/C18H17FN4OS/c1-2-17-21-22-18(25)23(17)20-11-13-6-5-8-15(10-13)24-12-14-7-3-4-9-16(14)19/h3-11H,2,12H2,1H3,(H,22,25)/b20-11+. The zero-order valence-corrected chi connectivity index (χ0v) is 14.5. The van der Waals surface area contributed by atoms with E-state index in [0.29, 0.717) is 16.1 Å². The predicted molar refractivity (Wildman–Crippen MR) is 97.0 cm³/mol. The number of halogens is 1. The van der Waals surface area contributed by atoms with Crippen molar-refractivity contribution in [3.8, 4) is 5.75 Å². The summed E-state index contributed by atoms with van der Waals surface area (Å²) < 4.78 is 21.3. The van der Waals surface area contributed by atoms with Crippen LogP contribution in [0.3, 0.4) is 0 Å². The van der Waals surface area contributed by atoms with Crippen LogP contribution < -0.4 is 4.74 Å². The first kappa shape index (κ1) is 17.0. The first-order valence-electron chi connectivity index (χ1n) is 7.84. The molecular weight excluding hydrogens is 339 g/mol.